The maximum absolute atomic E-state index is 11.2. The molecule has 22 heavy (non-hydrogen) atoms. The first kappa shape index (κ1) is 16.8. The van der Waals surface area contributed by atoms with Crippen LogP contribution in [0.4, 0.5) is 0 Å². The Balaban J connectivity index is 1.88. The fraction of sp³-hybridized carbons (Fsp3) is 0.611. The highest BCUT2D eigenvalue weighted by Gasteiger charge is 2.25. The molecule has 1 saturated heterocycles. The van der Waals surface area contributed by atoms with Crippen LogP contribution in [-0.4, -0.2) is 36.2 Å². The van der Waals surface area contributed by atoms with Gasteiger partial charge in [0.2, 0.25) is 0 Å². The van der Waals surface area contributed by atoms with Gasteiger partial charge in [-0.05, 0) is 55.8 Å². The van der Waals surface area contributed by atoms with E-state index in [1.807, 2.05) is 19.1 Å². The molecule has 0 radical (unpaired) electrons. The van der Waals surface area contributed by atoms with E-state index in [4.69, 9.17) is 4.74 Å². The van der Waals surface area contributed by atoms with Crippen molar-refractivity contribution in [2.75, 3.05) is 20.2 Å². The highest BCUT2D eigenvalue weighted by molar-refractivity contribution is 5.69. The first-order valence-corrected chi connectivity index (χ1v) is 8.20. The number of piperidine rings is 1. The number of ether oxygens (including phenoxy) is 1. The lowest BCUT2D eigenvalue weighted by atomic mass is 9.87. The van der Waals surface area contributed by atoms with Gasteiger partial charge in [-0.2, -0.15) is 0 Å². The first-order chi connectivity index (χ1) is 10.6. The lowest BCUT2D eigenvalue weighted by molar-refractivity contribution is -0.142. The van der Waals surface area contributed by atoms with Crippen LogP contribution in [0, 0.1) is 11.8 Å². The minimum Gasteiger partial charge on any atom is -0.497 e. The molecule has 2 atom stereocenters. The molecule has 0 saturated carbocycles. The predicted octanol–water partition coefficient (Wildman–Crippen LogP) is 3.41. The van der Waals surface area contributed by atoms with Gasteiger partial charge in [-0.1, -0.05) is 19.1 Å². The molecule has 1 N–H and O–H groups in total. The van der Waals surface area contributed by atoms with Gasteiger partial charge in [0.05, 0.1) is 13.0 Å². The Morgan fingerprint density at radius 3 is 2.73 bits per heavy atom. The summed E-state index contributed by atoms with van der Waals surface area (Å²) >= 11 is 0. The zero-order valence-electron chi connectivity index (χ0n) is 13.6. The fourth-order valence-corrected chi connectivity index (χ4v) is 3.32. The van der Waals surface area contributed by atoms with E-state index in [1.54, 1.807) is 7.11 Å². The van der Waals surface area contributed by atoms with E-state index >= 15 is 0 Å². The summed E-state index contributed by atoms with van der Waals surface area (Å²) in [4.78, 5) is 13.7. The number of rotatable bonds is 7. The highest BCUT2D eigenvalue weighted by Crippen LogP contribution is 2.26. The van der Waals surface area contributed by atoms with Crippen LogP contribution in [0.1, 0.15) is 38.2 Å². The lowest BCUT2D eigenvalue weighted by Crippen LogP contribution is -2.36. The van der Waals surface area contributed by atoms with Crippen molar-refractivity contribution in [3.63, 3.8) is 0 Å². The van der Waals surface area contributed by atoms with E-state index in [2.05, 4.69) is 17.0 Å². The number of methoxy groups -OCH3 is 1. The van der Waals surface area contributed by atoms with E-state index in [1.165, 1.54) is 5.56 Å². The molecule has 0 amide bonds. The first-order valence-electron chi connectivity index (χ1n) is 8.20. The maximum Gasteiger partial charge on any atom is 0.306 e. The van der Waals surface area contributed by atoms with Gasteiger partial charge in [0.1, 0.15) is 5.75 Å². The average molecular weight is 305 g/mol. The number of carbonyl (C=O) groups is 1. The van der Waals surface area contributed by atoms with E-state index in [9.17, 15) is 9.90 Å². The standard InChI is InChI=1S/C18H27NO3/c1-3-16(18(20)21)11-15-5-4-10-19(13-15)12-14-6-8-17(22-2)9-7-14/h6-9,15-16H,3-5,10-13H2,1-2H3,(H,20,21). The van der Waals surface area contributed by atoms with Crippen LogP contribution in [0.15, 0.2) is 24.3 Å². The molecule has 2 rings (SSSR count). The van der Waals surface area contributed by atoms with Crippen molar-refractivity contribution in [3.8, 4) is 5.75 Å². The molecule has 1 heterocycles. The smallest absolute Gasteiger partial charge is 0.306 e. The van der Waals surface area contributed by atoms with Crippen molar-refractivity contribution >= 4 is 5.97 Å². The Kier molecular flexibility index (Phi) is 6.25. The Morgan fingerprint density at radius 1 is 1.41 bits per heavy atom. The second kappa shape index (κ2) is 8.18. The van der Waals surface area contributed by atoms with E-state index in [-0.39, 0.29) is 5.92 Å². The quantitative estimate of drug-likeness (QED) is 0.838. The minimum atomic E-state index is -0.644. The molecule has 0 aromatic heterocycles. The normalized spacial score (nSPS) is 20.5. The van der Waals surface area contributed by atoms with Crippen LogP contribution in [0.25, 0.3) is 0 Å². The second-order valence-electron chi connectivity index (χ2n) is 6.27. The number of hydrogen-bond acceptors (Lipinski definition) is 3. The van der Waals surface area contributed by atoms with Crippen LogP contribution in [0.5, 0.6) is 5.75 Å². The number of nitrogens with zero attached hydrogens (tertiary/aromatic N) is 1. The van der Waals surface area contributed by atoms with Crippen molar-refractivity contribution in [3.05, 3.63) is 29.8 Å². The molecule has 1 aromatic rings. The minimum absolute atomic E-state index is 0.189. The number of benzene rings is 1. The summed E-state index contributed by atoms with van der Waals surface area (Å²) in [5.41, 5.74) is 1.28. The number of hydrogen-bond donors (Lipinski definition) is 1. The monoisotopic (exact) mass is 305 g/mol. The number of carboxylic acids is 1. The highest BCUT2D eigenvalue weighted by atomic mass is 16.5. The Hall–Kier alpha value is -1.55. The van der Waals surface area contributed by atoms with Crippen molar-refractivity contribution in [2.24, 2.45) is 11.8 Å². The van der Waals surface area contributed by atoms with Crippen molar-refractivity contribution < 1.29 is 14.6 Å². The van der Waals surface area contributed by atoms with Gasteiger partial charge in [0.15, 0.2) is 0 Å². The van der Waals surface area contributed by atoms with Gasteiger partial charge in [0, 0.05) is 13.1 Å². The van der Waals surface area contributed by atoms with Crippen molar-refractivity contribution in [1.29, 1.82) is 0 Å². The molecule has 1 aromatic carbocycles. The van der Waals surface area contributed by atoms with E-state index < -0.39 is 5.97 Å². The average Bonchev–Trinajstić information content (AvgIpc) is 2.53. The molecule has 0 aliphatic carbocycles. The lowest BCUT2D eigenvalue weighted by Gasteiger charge is -2.33. The summed E-state index contributed by atoms with van der Waals surface area (Å²) in [6.45, 7) is 5.02. The van der Waals surface area contributed by atoms with Gasteiger partial charge >= 0.3 is 5.97 Å². The molecule has 4 nitrogen and oxygen atoms in total. The van der Waals surface area contributed by atoms with Crippen molar-refractivity contribution in [2.45, 2.75) is 39.2 Å². The van der Waals surface area contributed by atoms with Gasteiger partial charge in [-0.3, -0.25) is 9.69 Å². The third-order valence-corrected chi connectivity index (χ3v) is 4.63. The van der Waals surface area contributed by atoms with Crippen LogP contribution in [0.3, 0.4) is 0 Å². The van der Waals surface area contributed by atoms with Crippen LogP contribution in [0.2, 0.25) is 0 Å². The van der Waals surface area contributed by atoms with Gasteiger partial charge in [0.25, 0.3) is 0 Å². The van der Waals surface area contributed by atoms with Crippen LogP contribution in [-0.2, 0) is 11.3 Å². The molecule has 1 aliphatic rings. The van der Waals surface area contributed by atoms with Crippen molar-refractivity contribution in [1.82, 2.24) is 4.90 Å². The molecular weight excluding hydrogens is 278 g/mol. The molecule has 0 bridgehead atoms. The van der Waals surface area contributed by atoms with Crippen LogP contribution >= 0.6 is 0 Å². The van der Waals surface area contributed by atoms with Gasteiger partial charge in [-0.15, -0.1) is 0 Å². The Morgan fingerprint density at radius 2 is 2.14 bits per heavy atom. The Bertz CT molecular complexity index is 472. The fourth-order valence-electron chi connectivity index (χ4n) is 3.32. The molecule has 4 heteroatoms. The second-order valence-corrected chi connectivity index (χ2v) is 6.27. The van der Waals surface area contributed by atoms with E-state index in [0.29, 0.717) is 5.92 Å². The maximum atomic E-state index is 11.2. The molecule has 1 aliphatic heterocycles. The topological polar surface area (TPSA) is 49.8 Å². The van der Waals surface area contributed by atoms with E-state index in [0.717, 1.165) is 51.1 Å². The third kappa shape index (κ3) is 4.73. The summed E-state index contributed by atoms with van der Waals surface area (Å²) in [5, 5.41) is 9.23. The summed E-state index contributed by atoms with van der Waals surface area (Å²) in [7, 11) is 1.68. The molecule has 1 fully saturated rings. The summed E-state index contributed by atoms with van der Waals surface area (Å²) in [6, 6.07) is 8.20. The summed E-state index contributed by atoms with van der Waals surface area (Å²) < 4.78 is 5.19. The molecule has 0 spiro atoms. The number of carboxylic acid groups (broad SMARTS) is 1. The molecule has 2 unspecified atom stereocenters. The largest absolute Gasteiger partial charge is 0.497 e. The summed E-state index contributed by atoms with van der Waals surface area (Å²) in [5.74, 6) is 0.557. The summed E-state index contributed by atoms with van der Waals surface area (Å²) in [6.07, 6.45) is 3.86. The van der Waals surface area contributed by atoms with Gasteiger partial charge < -0.3 is 9.84 Å². The third-order valence-electron chi connectivity index (χ3n) is 4.63. The molecular formula is C18H27NO3. The number of likely N-dealkylation sites (tertiary alicyclic amines) is 1. The van der Waals surface area contributed by atoms with Gasteiger partial charge in [-0.25, -0.2) is 0 Å². The zero-order chi connectivity index (χ0) is 15.9. The van der Waals surface area contributed by atoms with Crippen LogP contribution < -0.4 is 4.74 Å². The zero-order valence-corrected chi connectivity index (χ0v) is 13.6. The predicted molar refractivity (Wildman–Crippen MR) is 87.0 cm³/mol. The number of aliphatic carboxylic acids is 1. The SMILES string of the molecule is CCC(CC1CCCN(Cc2ccc(OC)cc2)C1)C(=O)O. The Labute approximate surface area is 133 Å². The molecule has 122 valence electrons.